The van der Waals surface area contributed by atoms with Crippen LogP contribution in [0.4, 0.5) is 0 Å². The van der Waals surface area contributed by atoms with Gasteiger partial charge in [0.2, 0.25) is 0 Å². The van der Waals surface area contributed by atoms with E-state index in [0.717, 1.165) is 6.42 Å². The molecule has 0 saturated carbocycles. The van der Waals surface area contributed by atoms with Gasteiger partial charge in [0.1, 0.15) is 0 Å². The first-order valence-electron chi connectivity index (χ1n) is 4.85. The van der Waals surface area contributed by atoms with Crippen LogP contribution in [0.1, 0.15) is 46.5 Å². The summed E-state index contributed by atoms with van der Waals surface area (Å²) in [5.41, 5.74) is 0. The Kier molecular flexibility index (Phi) is 10.9. The minimum absolute atomic E-state index is 0. The van der Waals surface area contributed by atoms with Crippen LogP contribution in [0.2, 0.25) is 0 Å². The van der Waals surface area contributed by atoms with Crippen LogP contribution < -0.4 is 6.15 Å². The van der Waals surface area contributed by atoms with Crippen molar-refractivity contribution in [2.24, 2.45) is 5.92 Å². The van der Waals surface area contributed by atoms with E-state index in [2.05, 4.69) is 6.92 Å². The predicted octanol–water partition coefficient (Wildman–Crippen LogP) is 2.93. The van der Waals surface area contributed by atoms with Crippen LogP contribution in [0.25, 0.3) is 0 Å². The number of hydrogen-bond donors (Lipinski definition) is 1. The van der Waals surface area contributed by atoms with Crippen molar-refractivity contribution < 1.29 is 9.53 Å². The van der Waals surface area contributed by atoms with E-state index in [1.54, 1.807) is 0 Å². The summed E-state index contributed by atoms with van der Waals surface area (Å²) >= 11 is 0. The summed E-state index contributed by atoms with van der Waals surface area (Å²) in [5, 5.41) is 0. The van der Waals surface area contributed by atoms with E-state index in [0.29, 0.717) is 6.61 Å². The van der Waals surface area contributed by atoms with Gasteiger partial charge in [0, 0.05) is 0 Å². The third-order valence-electron chi connectivity index (χ3n) is 1.71. The molecule has 0 atom stereocenters. The van der Waals surface area contributed by atoms with Crippen molar-refractivity contribution in [3.05, 3.63) is 0 Å². The monoisotopic (exact) mass is 189 g/mol. The Bertz CT molecular complexity index is 124. The maximum Gasteiger partial charge on any atom is 0.308 e. The summed E-state index contributed by atoms with van der Waals surface area (Å²) in [6, 6.07) is 0. The van der Waals surface area contributed by atoms with Crippen LogP contribution >= 0.6 is 0 Å². The normalized spacial score (nSPS) is 9.54. The number of esters is 1. The van der Waals surface area contributed by atoms with Crippen molar-refractivity contribution in [2.75, 3.05) is 6.61 Å². The molecule has 80 valence electrons. The lowest BCUT2D eigenvalue weighted by molar-refractivity contribution is -0.147. The molecular formula is C10H23NO2. The van der Waals surface area contributed by atoms with E-state index >= 15 is 0 Å². The molecule has 0 unspecified atom stereocenters. The second kappa shape index (κ2) is 9.52. The van der Waals surface area contributed by atoms with Crippen molar-refractivity contribution in [1.82, 2.24) is 6.15 Å². The van der Waals surface area contributed by atoms with E-state index in [4.69, 9.17) is 4.74 Å². The molecule has 0 aliphatic rings. The standard InChI is InChI=1S/C10H20O2.H3N/c1-4-5-6-7-8-12-10(11)9(2)3;/h9H,4-8H2,1-3H3;1H3. The van der Waals surface area contributed by atoms with Gasteiger partial charge in [0.25, 0.3) is 0 Å². The zero-order valence-electron chi connectivity index (χ0n) is 9.14. The number of carbonyl (C=O) groups excluding carboxylic acids is 1. The Morgan fingerprint density at radius 1 is 1.23 bits per heavy atom. The Morgan fingerprint density at radius 2 is 1.85 bits per heavy atom. The Hall–Kier alpha value is -0.570. The first kappa shape index (κ1) is 14.9. The molecule has 0 fully saturated rings. The quantitative estimate of drug-likeness (QED) is 0.516. The summed E-state index contributed by atoms with van der Waals surface area (Å²) in [7, 11) is 0. The number of hydrogen-bond acceptors (Lipinski definition) is 3. The lowest BCUT2D eigenvalue weighted by Crippen LogP contribution is -2.12. The lowest BCUT2D eigenvalue weighted by atomic mass is 10.2. The van der Waals surface area contributed by atoms with E-state index in [9.17, 15) is 4.79 Å². The molecule has 0 aliphatic heterocycles. The molecule has 13 heavy (non-hydrogen) atoms. The molecule has 0 aromatic heterocycles. The molecule has 0 aromatic rings. The zero-order chi connectivity index (χ0) is 9.40. The number of carbonyl (C=O) groups is 1. The minimum atomic E-state index is -0.0773. The van der Waals surface area contributed by atoms with Gasteiger partial charge in [-0.2, -0.15) is 0 Å². The Labute approximate surface area is 81.4 Å². The van der Waals surface area contributed by atoms with Gasteiger partial charge in [0.15, 0.2) is 0 Å². The second-order valence-electron chi connectivity index (χ2n) is 3.38. The van der Waals surface area contributed by atoms with Crippen molar-refractivity contribution in [3.8, 4) is 0 Å². The second-order valence-corrected chi connectivity index (χ2v) is 3.38. The predicted molar refractivity (Wildman–Crippen MR) is 55.0 cm³/mol. The number of ether oxygens (including phenoxy) is 1. The summed E-state index contributed by atoms with van der Waals surface area (Å²) in [6.45, 7) is 6.47. The van der Waals surface area contributed by atoms with Crippen LogP contribution in [-0.4, -0.2) is 12.6 Å². The summed E-state index contributed by atoms with van der Waals surface area (Å²) in [4.78, 5) is 11.0. The molecule has 0 aromatic carbocycles. The van der Waals surface area contributed by atoms with Crippen molar-refractivity contribution in [2.45, 2.75) is 46.5 Å². The van der Waals surface area contributed by atoms with Gasteiger partial charge in [-0.15, -0.1) is 0 Å². The highest BCUT2D eigenvalue weighted by molar-refractivity contribution is 5.71. The number of rotatable bonds is 6. The molecule has 3 N–H and O–H groups in total. The van der Waals surface area contributed by atoms with E-state index in [-0.39, 0.29) is 18.0 Å². The summed E-state index contributed by atoms with van der Waals surface area (Å²) in [6.07, 6.45) is 4.63. The average molecular weight is 189 g/mol. The molecule has 0 bridgehead atoms. The smallest absolute Gasteiger partial charge is 0.308 e. The molecule has 0 radical (unpaired) electrons. The van der Waals surface area contributed by atoms with E-state index in [1.807, 2.05) is 13.8 Å². The maximum absolute atomic E-state index is 11.0. The first-order chi connectivity index (χ1) is 5.68. The summed E-state index contributed by atoms with van der Waals surface area (Å²) < 4.78 is 5.01. The molecule has 3 heteroatoms. The molecule has 0 rings (SSSR count). The van der Waals surface area contributed by atoms with Crippen LogP contribution in [0.15, 0.2) is 0 Å². The Balaban J connectivity index is 0. The van der Waals surface area contributed by atoms with Gasteiger partial charge in [-0.1, -0.05) is 40.0 Å². The third kappa shape index (κ3) is 9.34. The van der Waals surface area contributed by atoms with Gasteiger partial charge in [-0.05, 0) is 6.42 Å². The van der Waals surface area contributed by atoms with Gasteiger partial charge in [-0.3, -0.25) is 4.79 Å². The highest BCUT2D eigenvalue weighted by atomic mass is 16.5. The maximum atomic E-state index is 11.0. The van der Waals surface area contributed by atoms with Crippen molar-refractivity contribution in [1.29, 1.82) is 0 Å². The topological polar surface area (TPSA) is 61.3 Å². The molecule has 0 heterocycles. The molecule has 0 aliphatic carbocycles. The summed E-state index contributed by atoms with van der Waals surface area (Å²) in [5.74, 6) is -0.0670. The first-order valence-corrected chi connectivity index (χ1v) is 4.85. The molecular weight excluding hydrogens is 166 g/mol. The largest absolute Gasteiger partial charge is 0.465 e. The SMILES string of the molecule is CCCCCCOC(=O)C(C)C.N. The van der Waals surface area contributed by atoms with Gasteiger partial charge < -0.3 is 10.9 Å². The fraction of sp³-hybridized carbons (Fsp3) is 0.900. The number of unbranched alkanes of at least 4 members (excludes halogenated alkanes) is 3. The van der Waals surface area contributed by atoms with E-state index < -0.39 is 0 Å². The zero-order valence-corrected chi connectivity index (χ0v) is 9.14. The van der Waals surface area contributed by atoms with Crippen LogP contribution in [0.5, 0.6) is 0 Å². The van der Waals surface area contributed by atoms with Crippen LogP contribution in [0.3, 0.4) is 0 Å². The van der Waals surface area contributed by atoms with Crippen LogP contribution in [-0.2, 0) is 9.53 Å². The van der Waals surface area contributed by atoms with Crippen molar-refractivity contribution in [3.63, 3.8) is 0 Å². The fourth-order valence-electron chi connectivity index (χ4n) is 0.868. The van der Waals surface area contributed by atoms with Gasteiger partial charge >= 0.3 is 5.97 Å². The highest BCUT2D eigenvalue weighted by Crippen LogP contribution is 2.01. The average Bonchev–Trinajstić information content (AvgIpc) is 2.03. The lowest BCUT2D eigenvalue weighted by Gasteiger charge is -2.05. The van der Waals surface area contributed by atoms with Crippen molar-refractivity contribution >= 4 is 5.97 Å². The Morgan fingerprint density at radius 3 is 2.31 bits per heavy atom. The minimum Gasteiger partial charge on any atom is -0.465 e. The third-order valence-corrected chi connectivity index (χ3v) is 1.71. The molecule has 3 nitrogen and oxygen atoms in total. The van der Waals surface area contributed by atoms with Crippen LogP contribution in [0, 0.1) is 5.92 Å². The van der Waals surface area contributed by atoms with Gasteiger partial charge in [-0.25, -0.2) is 0 Å². The fourth-order valence-corrected chi connectivity index (χ4v) is 0.868. The van der Waals surface area contributed by atoms with E-state index in [1.165, 1.54) is 19.3 Å². The molecule has 0 spiro atoms. The highest BCUT2D eigenvalue weighted by Gasteiger charge is 2.06. The molecule has 0 amide bonds. The van der Waals surface area contributed by atoms with Gasteiger partial charge in [0.05, 0.1) is 12.5 Å². The molecule has 0 saturated heterocycles.